The molecule has 23 heavy (non-hydrogen) atoms. The van der Waals surface area contributed by atoms with Gasteiger partial charge in [-0.15, -0.1) is 11.3 Å². The second kappa shape index (κ2) is 7.47. The van der Waals surface area contributed by atoms with Crippen LogP contribution in [0.5, 0.6) is 5.75 Å². The third-order valence-electron chi connectivity index (χ3n) is 4.54. The van der Waals surface area contributed by atoms with Crippen molar-refractivity contribution >= 4 is 11.3 Å². The van der Waals surface area contributed by atoms with Gasteiger partial charge in [0.15, 0.2) is 0 Å². The van der Waals surface area contributed by atoms with Crippen molar-refractivity contribution in [2.24, 2.45) is 0 Å². The van der Waals surface area contributed by atoms with Gasteiger partial charge < -0.3 is 10.1 Å². The lowest BCUT2D eigenvalue weighted by Crippen LogP contribution is -2.45. The van der Waals surface area contributed by atoms with E-state index in [4.69, 9.17) is 4.74 Å². The molecular formula is C19H26N2OS. The van der Waals surface area contributed by atoms with Crippen molar-refractivity contribution in [3.8, 4) is 5.75 Å². The molecule has 2 heterocycles. The van der Waals surface area contributed by atoms with Crippen LogP contribution in [0.4, 0.5) is 0 Å². The monoisotopic (exact) mass is 330 g/mol. The third-order valence-corrected chi connectivity index (χ3v) is 5.47. The second-order valence-electron chi connectivity index (χ2n) is 6.36. The van der Waals surface area contributed by atoms with Crippen LogP contribution in [0.25, 0.3) is 0 Å². The molecule has 1 N–H and O–H groups in total. The minimum absolute atomic E-state index is 0.283. The Balaban J connectivity index is 2.06. The summed E-state index contributed by atoms with van der Waals surface area (Å²) in [5.41, 5.74) is 2.67. The largest absolute Gasteiger partial charge is 0.496 e. The molecule has 1 aliphatic rings. The fraction of sp³-hybridized carbons (Fsp3) is 0.474. The molecule has 124 valence electrons. The van der Waals surface area contributed by atoms with Crippen molar-refractivity contribution in [2.75, 3.05) is 33.3 Å². The van der Waals surface area contributed by atoms with Gasteiger partial charge in [-0.2, -0.15) is 0 Å². The second-order valence-corrected chi connectivity index (χ2v) is 7.34. The highest BCUT2D eigenvalue weighted by molar-refractivity contribution is 7.10. The Hall–Kier alpha value is -1.36. The van der Waals surface area contributed by atoms with Crippen LogP contribution in [-0.4, -0.2) is 38.2 Å². The molecular weight excluding hydrogens is 304 g/mol. The fourth-order valence-corrected chi connectivity index (χ4v) is 4.12. The van der Waals surface area contributed by atoms with E-state index >= 15 is 0 Å². The van der Waals surface area contributed by atoms with Crippen LogP contribution in [0.2, 0.25) is 0 Å². The molecule has 0 spiro atoms. The van der Waals surface area contributed by atoms with E-state index < -0.39 is 0 Å². The van der Waals surface area contributed by atoms with Gasteiger partial charge in [0.25, 0.3) is 0 Å². The van der Waals surface area contributed by atoms with Crippen LogP contribution >= 0.6 is 11.3 Å². The van der Waals surface area contributed by atoms with Crippen LogP contribution in [0.15, 0.2) is 35.7 Å². The lowest BCUT2D eigenvalue weighted by Gasteiger charge is -2.35. The highest BCUT2D eigenvalue weighted by Gasteiger charge is 2.27. The smallest absolute Gasteiger partial charge is 0.124 e. The van der Waals surface area contributed by atoms with Gasteiger partial charge in [0.05, 0.1) is 13.2 Å². The van der Waals surface area contributed by atoms with E-state index in [0.29, 0.717) is 5.92 Å². The lowest BCUT2D eigenvalue weighted by atomic mass is 9.95. The fourth-order valence-electron chi connectivity index (χ4n) is 3.24. The summed E-state index contributed by atoms with van der Waals surface area (Å²) in [6, 6.07) is 11.3. The first-order valence-electron chi connectivity index (χ1n) is 8.36. The van der Waals surface area contributed by atoms with E-state index in [1.165, 1.54) is 16.0 Å². The molecule has 1 saturated heterocycles. The van der Waals surface area contributed by atoms with Gasteiger partial charge in [0, 0.05) is 36.6 Å². The van der Waals surface area contributed by atoms with Gasteiger partial charge in [0.2, 0.25) is 0 Å². The zero-order chi connectivity index (χ0) is 16.2. The number of thiophene rings is 1. The van der Waals surface area contributed by atoms with Crippen molar-refractivity contribution in [1.29, 1.82) is 0 Å². The first-order chi connectivity index (χ1) is 11.2. The van der Waals surface area contributed by atoms with Crippen LogP contribution in [-0.2, 0) is 0 Å². The summed E-state index contributed by atoms with van der Waals surface area (Å²) in [4.78, 5) is 3.97. The normalized spacial score (nSPS) is 17.4. The van der Waals surface area contributed by atoms with Crippen LogP contribution in [0.1, 0.15) is 41.8 Å². The number of ether oxygens (including phenoxy) is 1. The molecule has 1 fully saturated rings. The molecule has 0 saturated carbocycles. The van der Waals surface area contributed by atoms with E-state index in [9.17, 15) is 0 Å². The average Bonchev–Trinajstić information content (AvgIpc) is 3.10. The molecule has 0 aliphatic carbocycles. The minimum atomic E-state index is 0.283. The molecule has 3 nitrogen and oxygen atoms in total. The van der Waals surface area contributed by atoms with Crippen molar-refractivity contribution < 1.29 is 4.74 Å². The number of piperazine rings is 1. The van der Waals surface area contributed by atoms with E-state index in [0.717, 1.165) is 31.9 Å². The van der Waals surface area contributed by atoms with Crippen molar-refractivity contribution in [1.82, 2.24) is 10.2 Å². The molecule has 2 aromatic rings. The van der Waals surface area contributed by atoms with Gasteiger partial charge in [-0.1, -0.05) is 26.0 Å². The number of benzene rings is 1. The third kappa shape index (κ3) is 3.60. The minimum Gasteiger partial charge on any atom is -0.496 e. The summed E-state index contributed by atoms with van der Waals surface area (Å²) >= 11 is 1.84. The number of rotatable bonds is 5. The Morgan fingerprint density at radius 2 is 1.96 bits per heavy atom. The summed E-state index contributed by atoms with van der Waals surface area (Å²) < 4.78 is 5.71. The SMILES string of the molecule is COc1ccc(C(C)C)cc1[C@H](c1cccs1)N1CCNCC1. The molecule has 1 aromatic carbocycles. The number of nitrogens with one attached hydrogen (secondary N) is 1. The van der Waals surface area contributed by atoms with Gasteiger partial charge in [0.1, 0.15) is 5.75 Å². The number of methoxy groups -OCH3 is 1. The van der Waals surface area contributed by atoms with Crippen molar-refractivity contribution in [3.63, 3.8) is 0 Å². The Morgan fingerprint density at radius 1 is 1.17 bits per heavy atom. The summed E-state index contributed by atoms with van der Waals surface area (Å²) in [6.07, 6.45) is 0. The molecule has 0 unspecified atom stereocenters. The first-order valence-corrected chi connectivity index (χ1v) is 9.24. The highest BCUT2D eigenvalue weighted by atomic mass is 32.1. The molecule has 0 bridgehead atoms. The predicted octanol–water partition coefficient (Wildman–Crippen LogP) is 3.87. The van der Waals surface area contributed by atoms with Gasteiger partial charge in [-0.05, 0) is 35.1 Å². The van der Waals surface area contributed by atoms with Gasteiger partial charge in [-0.3, -0.25) is 4.90 Å². The Labute approximate surface area is 143 Å². The Bertz CT molecular complexity index is 618. The van der Waals surface area contributed by atoms with E-state index in [1.54, 1.807) is 7.11 Å². The maximum absolute atomic E-state index is 5.71. The summed E-state index contributed by atoms with van der Waals surface area (Å²) in [5, 5.41) is 5.62. The summed E-state index contributed by atoms with van der Waals surface area (Å²) in [7, 11) is 1.77. The highest BCUT2D eigenvalue weighted by Crippen LogP contribution is 2.38. The molecule has 0 radical (unpaired) electrons. The van der Waals surface area contributed by atoms with Crippen molar-refractivity contribution in [2.45, 2.75) is 25.8 Å². The Kier molecular flexibility index (Phi) is 5.36. The molecule has 3 rings (SSSR count). The average molecular weight is 330 g/mol. The molecule has 1 atom stereocenters. The van der Waals surface area contributed by atoms with E-state index in [-0.39, 0.29) is 6.04 Å². The zero-order valence-electron chi connectivity index (χ0n) is 14.2. The summed E-state index contributed by atoms with van der Waals surface area (Å²) in [5.74, 6) is 1.51. The number of hydrogen-bond donors (Lipinski definition) is 1. The summed E-state index contributed by atoms with van der Waals surface area (Å²) in [6.45, 7) is 8.73. The van der Waals surface area contributed by atoms with E-state index in [2.05, 4.69) is 59.8 Å². The first kappa shape index (κ1) is 16.5. The van der Waals surface area contributed by atoms with Gasteiger partial charge in [-0.25, -0.2) is 0 Å². The Morgan fingerprint density at radius 3 is 2.57 bits per heavy atom. The molecule has 1 aliphatic heterocycles. The number of hydrogen-bond acceptors (Lipinski definition) is 4. The maximum atomic E-state index is 5.71. The quantitative estimate of drug-likeness (QED) is 0.900. The maximum Gasteiger partial charge on any atom is 0.124 e. The van der Waals surface area contributed by atoms with Crippen molar-refractivity contribution in [3.05, 3.63) is 51.7 Å². The van der Waals surface area contributed by atoms with Gasteiger partial charge >= 0.3 is 0 Å². The zero-order valence-corrected chi connectivity index (χ0v) is 15.0. The predicted molar refractivity (Wildman–Crippen MR) is 97.7 cm³/mol. The topological polar surface area (TPSA) is 24.5 Å². The molecule has 0 amide bonds. The standard InChI is InChI=1S/C19H26N2OS/c1-14(2)15-6-7-17(22-3)16(13-15)19(18-5-4-12-23-18)21-10-8-20-9-11-21/h4-7,12-14,19-20H,8-11H2,1-3H3/t19-/m1/s1. The van der Waals surface area contributed by atoms with Crippen LogP contribution < -0.4 is 10.1 Å². The number of nitrogens with zero attached hydrogens (tertiary/aromatic N) is 1. The molecule has 1 aromatic heterocycles. The van der Waals surface area contributed by atoms with Crippen LogP contribution in [0, 0.1) is 0 Å². The van der Waals surface area contributed by atoms with E-state index in [1.807, 2.05) is 11.3 Å². The molecule has 4 heteroatoms. The van der Waals surface area contributed by atoms with Crippen LogP contribution in [0.3, 0.4) is 0 Å². The lowest BCUT2D eigenvalue weighted by molar-refractivity contribution is 0.197.